The van der Waals surface area contributed by atoms with E-state index in [-0.39, 0.29) is 30.9 Å². The van der Waals surface area contributed by atoms with Crippen molar-refractivity contribution in [3.63, 3.8) is 0 Å². The number of methoxy groups -OCH3 is 1. The molecule has 3 rings (SSSR count). The zero-order valence-electron chi connectivity index (χ0n) is 12.4. The summed E-state index contributed by atoms with van der Waals surface area (Å²) < 4.78 is 10.5. The molecule has 6 heteroatoms. The van der Waals surface area contributed by atoms with Gasteiger partial charge in [-0.05, 0) is 24.0 Å². The third kappa shape index (κ3) is 2.78. The van der Waals surface area contributed by atoms with Gasteiger partial charge in [0.05, 0.1) is 20.3 Å². The lowest BCUT2D eigenvalue weighted by molar-refractivity contribution is -0.159. The molecule has 1 saturated carbocycles. The molecule has 22 heavy (non-hydrogen) atoms. The number of rotatable bonds is 4. The van der Waals surface area contributed by atoms with Gasteiger partial charge >= 0.3 is 5.97 Å². The topological polar surface area (TPSA) is 76.1 Å². The highest BCUT2D eigenvalue weighted by molar-refractivity contribution is 5.84. The number of carbonyl (C=O) groups is 2. The first kappa shape index (κ1) is 14.8. The molecule has 6 nitrogen and oxygen atoms in total. The number of carboxylic acid groups (broad SMARTS) is 1. The predicted octanol–water partition coefficient (Wildman–Crippen LogP) is 1.11. The molecular formula is C16H19NO5. The Bertz CT molecular complexity index is 588. The van der Waals surface area contributed by atoms with Gasteiger partial charge in [-0.15, -0.1) is 0 Å². The second-order valence-electron chi connectivity index (χ2n) is 5.67. The van der Waals surface area contributed by atoms with Crippen LogP contribution in [0.3, 0.4) is 0 Å². The number of nitrogens with zero attached hydrogens (tertiary/aromatic N) is 1. The van der Waals surface area contributed by atoms with Crippen LogP contribution in [0.15, 0.2) is 24.3 Å². The van der Waals surface area contributed by atoms with Crippen LogP contribution in [0.25, 0.3) is 0 Å². The van der Waals surface area contributed by atoms with Gasteiger partial charge in [0.1, 0.15) is 5.75 Å². The van der Waals surface area contributed by atoms with Crippen LogP contribution in [0.2, 0.25) is 0 Å². The molecule has 1 aromatic rings. The van der Waals surface area contributed by atoms with Crippen molar-refractivity contribution in [3.8, 4) is 5.75 Å². The molecule has 1 N–H and O–H groups in total. The maximum Gasteiger partial charge on any atom is 0.334 e. The van der Waals surface area contributed by atoms with Gasteiger partial charge < -0.3 is 19.5 Å². The first-order valence-corrected chi connectivity index (χ1v) is 7.38. The Kier molecular flexibility index (Phi) is 4.02. The van der Waals surface area contributed by atoms with Crippen molar-refractivity contribution in [1.29, 1.82) is 0 Å². The van der Waals surface area contributed by atoms with Gasteiger partial charge in [-0.3, -0.25) is 4.79 Å². The fraction of sp³-hybridized carbons (Fsp3) is 0.500. The number of aliphatic carboxylic acids is 1. The highest BCUT2D eigenvalue weighted by Gasteiger charge is 2.47. The molecule has 118 valence electrons. The summed E-state index contributed by atoms with van der Waals surface area (Å²) in [5.41, 5.74) is 1.05. The molecule has 1 saturated heterocycles. The van der Waals surface area contributed by atoms with Gasteiger partial charge in [0.2, 0.25) is 5.91 Å². The predicted molar refractivity (Wildman–Crippen MR) is 77.8 cm³/mol. The van der Waals surface area contributed by atoms with E-state index < -0.39 is 12.1 Å². The van der Waals surface area contributed by atoms with Crippen LogP contribution < -0.4 is 4.74 Å². The lowest BCUT2D eigenvalue weighted by atomic mass is 10.1. The van der Waals surface area contributed by atoms with Crippen LogP contribution in [0.4, 0.5) is 0 Å². The van der Waals surface area contributed by atoms with Crippen molar-refractivity contribution in [2.24, 2.45) is 5.92 Å². The Morgan fingerprint density at radius 3 is 2.86 bits per heavy atom. The Labute approximate surface area is 128 Å². The van der Waals surface area contributed by atoms with E-state index in [2.05, 4.69) is 0 Å². The molecule has 2 aliphatic rings. The average Bonchev–Trinajstić information content (AvgIpc) is 3.34. The van der Waals surface area contributed by atoms with E-state index in [1.54, 1.807) is 12.0 Å². The van der Waals surface area contributed by atoms with Crippen LogP contribution in [0.5, 0.6) is 5.75 Å². The Morgan fingerprint density at radius 1 is 1.36 bits per heavy atom. The summed E-state index contributed by atoms with van der Waals surface area (Å²) in [6.07, 6.45) is -0.130. The van der Waals surface area contributed by atoms with Crippen molar-refractivity contribution < 1.29 is 24.2 Å². The molecule has 0 radical (unpaired) electrons. The van der Waals surface area contributed by atoms with Gasteiger partial charge in [-0.25, -0.2) is 4.79 Å². The molecule has 2 fully saturated rings. The van der Waals surface area contributed by atoms with Crippen molar-refractivity contribution in [2.75, 3.05) is 26.8 Å². The van der Waals surface area contributed by atoms with Gasteiger partial charge in [-0.1, -0.05) is 18.2 Å². The smallest absolute Gasteiger partial charge is 0.334 e. The summed E-state index contributed by atoms with van der Waals surface area (Å²) >= 11 is 0. The average molecular weight is 305 g/mol. The van der Waals surface area contributed by atoms with Gasteiger partial charge in [0.15, 0.2) is 6.10 Å². The van der Waals surface area contributed by atoms with Crippen LogP contribution in [-0.4, -0.2) is 54.8 Å². The van der Waals surface area contributed by atoms with Crippen molar-refractivity contribution >= 4 is 11.9 Å². The third-order valence-electron chi connectivity index (χ3n) is 4.30. The number of carbonyl (C=O) groups excluding carboxylic acids is 1. The molecule has 1 aliphatic carbocycles. The number of para-hydroxylation sites is 1. The summed E-state index contributed by atoms with van der Waals surface area (Å²) in [5, 5.41) is 9.01. The highest BCUT2D eigenvalue weighted by atomic mass is 16.5. The molecule has 1 aromatic carbocycles. The minimum Gasteiger partial charge on any atom is -0.496 e. The van der Waals surface area contributed by atoms with E-state index >= 15 is 0 Å². The van der Waals surface area contributed by atoms with Crippen LogP contribution in [-0.2, 0) is 14.3 Å². The first-order chi connectivity index (χ1) is 10.6. The second kappa shape index (κ2) is 5.96. The van der Waals surface area contributed by atoms with Crippen LogP contribution >= 0.6 is 0 Å². The normalized spacial score (nSPS) is 27.3. The largest absolute Gasteiger partial charge is 0.496 e. The zero-order chi connectivity index (χ0) is 15.7. The number of carboxylic acids is 1. The van der Waals surface area contributed by atoms with Crippen LogP contribution in [0, 0.1) is 5.92 Å². The Morgan fingerprint density at radius 2 is 2.14 bits per heavy atom. The molecule has 1 amide bonds. The number of benzene rings is 1. The lowest BCUT2D eigenvalue weighted by Crippen LogP contribution is -2.49. The Balaban J connectivity index is 1.66. The number of ether oxygens (including phenoxy) is 2. The number of hydrogen-bond donors (Lipinski definition) is 1. The second-order valence-corrected chi connectivity index (χ2v) is 5.67. The van der Waals surface area contributed by atoms with Gasteiger partial charge in [0, 0.05) is 12.5 Å². The molecule has 1 unspecified atom stereocenters. The quantitative estimate of drug-likeness (QED) is 0.902. The number of amides is 1. The summed E-state index contributed by atoms with van der Waals surface area (Å²) in [4.78, 5) is 25.2. The minimum atomic E-state index is -1.02. The zero-order valence-corrected chi connectivity index (χ0v) is 12.4. The monoisotopic (exact) mass is 305 g/mol. The SMILES string of the molecule is COc1ccccc1[C@@H]1C[C@H]1C(=O)N1CCOC(C(=O)O)C1. The van der Waals surface area contributed by atoms with Gasteiger partial charge in [-0.2, -0.15) is 0 Å². The molecule has 0 aromatic heterocycles. The molecular weight excluding hydrogens is 286 g/mol. The summed E-state index contributed by atoms with van der Waals surface area (Å²) in [7, 11) is 1.62. The lowest BCUT2D eigenvalue weighted by Gasteiger charge is -2.31. The minimum absolute atomic E-state index is 0.0189. The summed E-state index contributed by atoms with van der Waals surface area (Å²) in [6, 6.07) is 7.72. The fourth-order valence-electron chi connectivity index (χ4n) is 3.02. The first-order valence-electron chi connectivity index (χ1n) is 7.38. The molecule has 0 bridgehead atoms. The summed E-state index contributed by atoms with van der Waals surface area (Å²) in [5.74, 6) is -0.119. The molecule has 1 heterocycles. The standard InChI is InChI=1S/C16H19NO5/c1-21-13-5-3-2-4-10(13)11-8-12(11)15(18)17-6-7-22-14(9-17)16(19)20/h2-5,11-12,14H,6-9H2,1H3,(H,19,20)/t11-,12+,14?/m0/s1. The van der Waals surface area contributed by atoms with E-state index in [1.165, 1.54) is 0 Å². The highest BCUT2D eigenvalue weighted by Crippen LogP contribution is 2.51. The molecule has 3 atom stereocenters. The van der Waals surface area contributed by atoms with E-state index in [9.17, 15) is 9.59 Å². The van der Waals surface area contributed by atoms with Crippen LogP contribution in [0.1, 0.15) is 17.9 Å². The molecule has 1 aliphatic heterocycles. The summed E-state index contributed by atoms with van der Waals surface area (Å²) in [6.45, 7) is 0.857. The van der Waals surface area contributed by atoms with Crippen molar-refractivity contribution in [3.05, 3.63) is 29.8 Å². The van der Waals surface area contributed by atoms with E-state index in [4.69, 9.17) is 14.6 Å². The maximum absolute atomic E-state index is 12.5. The van der Waals surface area contributed by atoms with Gasteiger partial charge in [0.25, 0.3) is 0 Å². The van der Waals surface area contributed by atoms with Crippen molar-refractivity contribution in [1.82, 2.24) is 4.90 Å². The number of hydrogen-bond acceptors (Lipinski definition) is 4. The van der Waals surface area contributed by atoms with Crippen molar-refractivity contribution in [2.45, 2.75) is 18.4 Å². The maximum atomic E-state index is 12.5. The van der Waals surface area contributed by atoms with E-state index in [1.807, 2.05) is 24.3 Å². The van der Waals surface area contributed by atoms with E-state index in [0.717, 1.165) is 17.7 Å². The third-order valence-corrected chi connectivity index (χ3v) is 4.30. The Hall–Kier alpha value is -2.08. The molecule has 0 spiro atoms. The fourth-order valence-corrected chi connectivity index (χ4v) is 3.02. The number of morpholine rings is 1. The van der Waals surface area contributed by atoms with E-state index in [0.29, 0.717) is 6.54 Å².